The quantitative estimate of drug-likeness (QED) is 0.721. The van der Waals surface area contributed by atoms with Crippen LogP contribution in [0.1, 0.15) is 40.0 Å². The second-order valence-corrected chi connectivity index (χ2v) is 5.04. The van der Waals surface area contributed by atoms with Crippen LogP contribution in [0.15, 0.2) is 0 Å². The third-order valence-electron chi connectivity index (χ3n) is 1.82. The van der Waals surface area contributed by atoms with Crippen LogP contribution < -0.4 is 5.32 Å². The lowest BCUT2D eigenvalue weighted by molar-refractivity contribution is -0.121. The van der Waals surface area contributed by atoms with Crippen molar-refractivity contribution in [2.75, 3.05) is 6.54 Å². The molecule has 0 heterocycles. The minimum Gasteiger partial charge on any atom is -0.356 e. The number of hydrogen-bond donors (Lipinski definition) is 1. The van der Waals surface area contributed by atoms with Gasteiger partial charge in [-0.3, -0.25) is 4.79 Å². The Balaban J connectivity index is 3.37. The molecule has 1 unspecified atom stereocenters. The number of hydrogen-bond acceptors (Lipinski definition) is 1. The van der Waals surface area contributed by atoms with Crippen LogP contribution in [-0.2, 0) is 4.79 Å². The Kier molecular flexibility index (Phi) is 7.33. The molecule has 0 aliphatic rings. The first-order chi connectivity index (χ1) is 6.06. The molecule has 2 nitrogen and oxygen atoms in total. The first-order valence-corrected chi connectivity index (χ1v) is 5.88. The van der Waals surface area contributed by atoms with E-state index in [1.807, 2.05) is 0 Å². The summed E-state index contributed by atoms with van der Waals surface area (Å²) < 4.78 is 0. The third-order valence-corrected chi connectivity index (χ3v) is 2.92. The number of carbonyl (C=O) groups is 1. The minimum absolute atomic E-state index is 0.172. The van der Waals surface area contributed by atoms with Gasteiger partial charge < -0.3 is 5.32 Å². The summed E-state index contributed by atoms with van der Waals surface area (Å²) in [6.45, 7) is 7.03. The molecule has 1 amide bonds. The Morgan fingerprint density at radius 1 is 1.46 bits per heavy atom. The monoisotopic (exact) mass is 249 g/mol. The van der Waals surface area contributed by atoms with Crippen LogP contribution in [0.3, 0.4) is 0 Å². The molecule has 0 radical (unpaired) electrons. The van der Waals surface area contributed by atoms with Crippen molar-refractivity contribution in [1.29, 1.82) is 0 Å². The van der Waals surface area contributed by atoms with E-state index in [-0.39, 0.29) is 5.91 Å². The minimum atomic E-state index is 0.172. The molecule has 0 saturated heterocycles. The summed E-state index contributed by atoms with van der Waals surface area (Å²) in [6.07, 6.45) is 2.76. The van der Waals surface area contributed by atoms with Crippen LogP contribution >= 0.6 is 15.9 Å². The molecule has 0 saturated carbocycles. The molecule has 0 spiro atoms. The first kappa shape index (κ1) is 12.9. The standard InChI is InChI=1S/C10H20BrNO/c1-4-9(11)5-6-12-10(13)7-8(2)3/h8-9H,4-7H2,1-3H3,(H,12,13). The van der Waals surface area contributed by atoms with Crippen molar-refractivity contribution in [2.45, 2.75) is 44.9 Å². The lowest BCUT2D eigenvalue weighted by Crippen LogP contribution is -2.26. The molecule has 0 aromatic carbocycles. The van der Waals surface area contributed by atoms with E-state index in [9.17, 15) is 4.79 Å². The molecule has 0 fully saturated rings. The van der Waals surface area contributed by atoms with Crippen LogP contribution in [0.2, 0.25) is 0 Å². The molecule has 0 aromatic heterocycles. The number of carbonyl (C=O) groups excluding carboxylic acids is 1. The van der Waals surface area contributed by atoms with Crippen LogP contribution in [0, 0.1) is 5.92 Å². The Morgan fingerprint density at radius 2 is 2.08 bits per heavy atom. The molecule has 0 bridgehead atoms. The van der Waals surface area contributed by atoms with Gasteiger partial charge in [0.05, 0.1) is 0 Å². The molecule has 78 valence electrons. The van der Waals surface area contributed by atoms with E-state index in [4.69, 9.17) is 0 Å². The van der Waals surface area contributed by atoms with Crippen molar-refractivity contribution in [2.24, 2.45) is 5.92 Å². The van der Waals surface area contributed by atoms with Gasteiger partial charge in [-0.05, 0) is 18.8 Å². The van der Waals surface area contributed by atoms with E-state index in [2.05, 4.69) is 42.0 Å². The summed E-state index contributed by atoms with van der Waals surface area (Å²) in [5.74, 6) is 0.622. The second kappa shape index (κ2) is 7.36. The maximum absolute atomic E-state index is 11.2. The van der Waals surface area contributed by atoms with Gasteiger partial charge in [-0.15, -0.1) is 0 Å². The Labute approximate surface area is 89.6 Å². The van der Waals surface area contributed by atoms with E-state index < -0.39 is 0 Å². The predicted molar refractivity (Wildman–Crippen MR) is 60.1 cm³/mol. The largest absolute Gasteiger partial charge is 0.356 e. The maximum Gasteiger partial charge on any atom is 0.220 e. The predicted octanol–water partition coefficient (Wildman–Crippen LogP) is 2.71. The molecule has 0 rings (SSSR count). The topological polar surface area (TPSA) is 29.1 Å². The normalized spacial score (nSPS) is 13.0. The van der Waals surface area contributed by atoms with Crippen molar-refractivity contribution in [1.82, 2.24) is 5.32 Å². The highest BCUT2D eigenvalue weighted by molar-refractivity contribution is 9.09. The molecule has 1 N–H and O–H groups in total. The average molecular weight is 250 g/mol. The van der Waals surface area contributed by atoms with E-state index in [0.29, 0.717) is 17.2 Å². The summed E-state index contributed by atoms with van der Waals surface area (Å²) in [5, 5.41) is 2.91. The second-order valence-electron chi connectivity index (χ2n) is 3.74. The van der Waals surface area contributed by atoms with Crippen LogP contribution in [0.25, 0.3) is 0 Å². The number of amides is 1. The van der Waals surface area contributed by atoms with Gasteiger partial charge in [-0.2, -0.15) is 0 Å². The van der Waals surface area contributed by atoms with Gasteiger partial charge in [0.2, 0.25) is 5.91 Å². The number of halogens is 1. The Bertz CT molecular complexity index is 148. The van der Waals surface area contributed by atoms with E-state index in [1.54, 1.807) is 0 Å². The number of nitrogens with one attached hydrogen (secondary N) is 1. The molecular weight excluding hydrogens is 230 g/mol. The van der Waals surface area contributed by atoms with Crippen LogP contribution in [0.4, 0.5) is 0 Å². The number of rotatable bonds is 6. The summed E-state index contributed by atoms with van der Waals surface area (Å²) in [7, 11) is 0. The van der Waals surface area contributed by atoms with Crippen molar-refractivity contribution < 1.29 is 4.79 Å². The summed E-state index contributed by atoms with van der Waals surface area (Å²) in [4.78, 5) is 11.7. The lowest BCUT2D eigenvalue weighted by Gasteiger charge is -2.09. The van der Waals surface area contributed by atoms with E-state index in [0.717, 1.165) is 19.4 Å². The van der Waals surface area contributed by atoms with Gasteiger partial charge in [0.15, 0.2) is 0 Å². The van der Waals surface area contributed by atoms with Crippen molar-refractivity contribution in [3.63, 3.8) is 0 Å². The van der Waals surface area contributed by atoms with Crippen molar-refractivity contribution in [3.8, 4) is 0 Å². The van der Waals surface area contributed by atoms with Gasteiger partial charge >= 0.3 is 0 Å². The van der Waals surface area contributed by atoms with Crippen LogP contribution in [0.5, 0.6) is 0 Å². The molecule has 3 heteroatoms. The zero-order chi connectivity index (χ0) is 10.3. The van der Waals surface area contributed by atoms with Gasteiger partial charge in [0.1, 0.15) is 0 Å². The van der Waals surface area contributed by atoms with Crippen molar-refractivity contribution in [3.05, 3.63) is 0 Å². The summed E-state index contributed by atoms with van der Waals surface area (Å²) in [6, 6.07) is 0. The zero-order valence-corrected chi connectivity index (χ0v) is 10.4. The van der Waals surface area contributed by atoms with Crippen molar-refractivity contribution >= 4 is 21.8 Å². The fourth-order valence-corrected chi connectivity index (χ4v) is 1.24. The summed E-state index contributed by atoms with van der Waals surface area (Å²) in [5.41, 5.74) is 0. The highest BCUT2D eigenvalue weighted by atomic mass is 79.9. The van der Waals surface area contributed by atoms with E-state index >= 15 is 0 Å². The molecular formula is C10H20BrNO. The fraction of sp³-hybridized carbons (Fsp3) is 0.900. The Hall–Kier alpha value is -0.0500. The van der Waals surface area contributed by atoms with Crippen LogP contribution in [-0.4, -0.2) is 17.3 Å². The smallest absolute Gasteiger partial charge is 0.220 e. The highest BCUT2D eigenvalue weighted by Crippen LogP contribution is 2.07. The average Bonchev–Trinajstić information content (AvgIpc) is 2.02. The molecule has 0 aliphatic carbocycles. The fourth-order valence-electron chi connectivity index (χ4n) is 1.02. The molecule has 1 atom stereocenters. The first-order valence-electron chi connectivity index (χ1n) is 4.97. The zero-order valence-electron chi connectivity index (χ0n) is 8.77. The number of alkyl halides is 1. The van der Waals surface area contributed by atoms with Gasteiger partial charge in [-0.25, -0.2) is 0 Å². The molecule has 13 heavy (non-hydrogen) atoms. The highest BCUT2D eigenvalue weighted by Gasteiger charge is 2.05. The van der Waals surface area contributed by atoms with E-state index in [1.165, 1.54) is 0 Å². The third kappa shape index (κ3) is 8.28. The molecule has 0 aromatic rings. The summed E-state index contributed by atoms with van der Waals surface area (Å²) >= 11 is 3.53. The van der Waals surface area contributed by atoms with Gasteiger partial charge in [-0.1, -0.05) is 36.7 Å². The molecule has 0 aliphatic heterocycles. The lowest BCUT2D eigenvalue weighted by atomic mass is 10.1. The maximum atomic E-state index is 11.2. The van der Waals surface area contributed by atoms with Gasteiger partial charge in [0.25, 0.3) is 0 Å². The SMILES string of the molecule is CCC(Br)CCNC(=O)CC(C)C. The van der Waals surface area contributed by atoms with Gasteiger partial charge in [0, 0.05) is 17.8 Å². The Morgan fingerprint density at radius 3 is 2.54 bits per heavy atom.